The highest BCUT2D eigenvalue weighted by Crippen LogP contribution is 2.20. The molecule has 1 aliphatic heterocycles. The van der Waals surface area contributed by atoms with Gasteiger partial charge in [-0.05, 0) is 24.6 Å². The Hall–Kier alpha value is -2.33. The molecule has 24 heavy (non-hydrogen) atoms. The van der Waals surface area contributed by atoms with Gasteiger partial charge >= 0.3 is 0 Å². The maximum absolute atomic E-state index is 12.7. The largest absolute Gasteiger partial charge is 0.496 e. The van der Waals surface area contributed by atoms with Crippen molar-refractivity contribution in [3.05, 3.63) is 65.2 Å². The van der Waals surface area contributed by atoms with Crippen molar-refractivity contribution in [3.8, 4) is 5.75 Å². The first-order chi connectivity index (χ1) is 11.7. The molecule has 0 spiro atoms. The zero-order valence-electron chi connectivity index (χ0n) is 14.4. The van der Waals surface area contributed by atoms with Crippen LogP contribution in [0.2, 0.25) is 0 Å². The van der Waals surface area contributed by atoms with Crippen molar-refractivity contribution in [2.75, 3.05) is 33.3 Å². The van der Waals surface area contributed by atoms with Gasteiger partial charge in [0, 0.05) is 43.9 Å². The highest BCUT2D eigenvalue weighted by atomic mass is 16.5. The van der Waals surface area contributed by atoms with E-state index < -0.39 is 0 Å². The fraction of sp³-hybridized carbons (Fsp3) is 0.350. The van der Waals surface area contributed by atoms with Crippen LogP contribution in [-0.4, -0.2) is 49.0 Å². The zero-order chi connectivity index (χ0) is 16.9. The predicted molar refractivity (Wildman–Crippen MR) is 95.4 cm³/mol. The summed E-state index contributed by atoms with van der Waals surface area (Å²) in [4.78, 5) is 17.0. The number of hydrogen-bond acceptors (Lipinski definition) is 3. The Morgan fingerprint density at radius 3 is 2.38 bits per heavy atom. The van der Waals surface area contributed by atoms with E-state index in [-0.39, 0.29) is 5.91 Å². The van der Waals surface area contributed by atoms with Crippen LogP contribution in [0.15, 0.2) is 48.5 Å². The minimum Gasteiger partial charge on any atom is -0.496 e. The van der Waals surface area contributed by atoms with Crippen LogP contribution in [-0.2, 0) is 6.54 Å². The topological polar surface area (TPSA) is 32.8 Å². The summed E-state index contributed by atoms with van der Waals surface area (Å²) in [6, 6.07) is 15.9. The molecule has 0 atom stereocenters. The van der Waals surface area contributed by atoms with Crippen LogP contribution in [0.4, 0.5) is 0 Å². The molecule has 1 saturated heterocycles. The van der Waals surface area contributed by atoms with E-state index >= 15 is 0 Å². The molecule has 0 saturated carbocycles. The average molecular weight is 324 g/mol. The fourth-order valence-corrected chi connectivity index (χ4v) is 3.17. The molecule has 0 aromatic heterocycles. The van der Waals surface area contributed by atoms with Crippen molar-refractivity contribution in [2.45, 2.75) is 13.5 Å². The first-order valence-corrected chi connectivity index (χ1v) is 8.38. The summed E-state index contributed by atoms with van der Waals surface area (Å²) < 4.78 is 5.43. The second kappa shape index (κ2) is 7.49. The number of ether oxygens (including phenoxy) is 1. The summed E-state index contributed by atoms with van der Waals surface area (Å²) in [5.41, 5.74) is 3.05. The maximum atomic E-state index is 12.7. The van der Waals surface area contributed by atoms with Crippen molar-refractivity contribution in [2.24, 2.45) is 0 Å². The van der Waals surface area contributed by atoms with E-state index in [0.29, 0.717) is 0 Å². The molecule has 0 bridgehead atoms. The minimum absolute atomic E-state index is 0.144. The third kappa shape index (κ3) is 3.60. The summed E-state index contributed by atoms with van der Waals surface area (Å²) in [6.07, 6.45) is 0. The van der Waals surface area contributed by atoms with Crippen LogP contribution < -0.4 is 4.74 Å². The van der Waals surface area contributed by atoms with Gasteiger partial charge < -0.3 is 9.64 Å². The average Bonchev–Trinajstić information content (AvgIpc) is 2.63. The van der Waals surface area contributed by atoms with Gasteiger partial charge in [0.05, 0.1) is 7.11 Å². The third-order valence-electron chi connectivity index (χ3n) is 4.62. The van der Waals surface area contributed by atoms with Gasteiger partial charge in [0.15, 0.2) is 0 Å². The van der Waals surface area contributed by atoms with E-state index in [1.165, 1.54) is 5.56 Å². The number of carbonyl (C=O) groups is 1. The number of piperazine rings is 1. The normalized spacial score (nSPS) is 15.3. The van der Waals surface area contributed by atoms with Crippen molar-refractivity contribution in [1.82, 2.24) is 9.80 Å². The number of benzene rings is 2. The maximum Gasteiger partial charge on any atom is 0.254 e. The molecular weight excluding hydrogens is 300 g/mol. The smallest absolute Gasteiger partial charge is 0.254 e. The van der Waals surface area contributed by atoms with Gasteiger partial charge in [0.2, 0.25) is 0 Å². The van der Waals surface area contributed by atoms with Crippen LogP contribution in [0.1, 0.15) is 21.5 Å². The molecule has 0 unspecified atom stereocenters. The van der Waals surface area contributed by atoms with Gasteiger partial charge in [-0.3, -0.25) is 9.69 Å². The summed E-state index contributed by atoms with van der Waals surface area (Å²) in [7, 11) is 1.71. The first-order valence-electron chi connectivity index (χ1n) is 8.38. The molecule has 1 amide bonds. The van der Waals surface area contributed by atoms with Crippen LogP contribution in [0.3, 0.4) is 0 Å². The number of hydrogen-bond donors (Lipinski definition) is 0. The van der Waals surface area contributed by atoms with Gasteiger partial charge in [0.1, 0.15) is 5.75 Å². The number of methoxy groups -OCH3 is 1. The van der Waals surface area contributed by atoms with Crippen LogP contribution in [0.25, 0.3) is 0 Å². The molecule has 0 N–H and O–H groups in total. The highest BCUT2D eigenvalue weighted by molar-refractivity contribution is 5.95. The highest BCUT2D eigenvalue weighted by Gasteiger charge is 2.23. The lowest BCUT2D eigenvalue weighted by molar-refractivity contribution is 0.0626. The molecule has 0 aliphatic carbocycles. The molecule has 3 rings (SSSR count). The molecule has 0 radical (unpaired) electrons. The molecule has 4 nitrogen and oxygen atoms in total. The molecule has 1 aliphatic rings. The SMILES string of the molecule is COc1ccccc1CN1CCN(C(=O)c2ccccc2C)CC1. The Bertz CT molecular complexity index is 706. The molecular formula is C20H24N2O2. The second-order valence-corrected chi connectivity index (χ2v) is 6.20. The van der Waals surface area contributed by atoms with E-state index in [0.717, 1.165) is 49.6 Å². The number of amides is 1. The standard InChI is InChI=1S/C20H24N2O2/c1-16-7-3-5-9-18(16)20(23)22-13-11-21(12-14-22)15-17-8-4-6-10-19(17)24-2/h3-10H,11-15H2,1-2H3. The number of carbonyl (C=O) groups excluding carboxylic acids is 1. The van der Waals surface area contributed by atoms with E-state index in [4.69, 9.17) is 4.74 Å². The molecule has 2 aromatic carbocycles. The Balaban J connectivity index is 1.60. The Morgan fingerprint density at radius 2 is 1.67 bits per heavy atom. The molecule has 1 heterocycles. The summed E-state index contributed by atoms with van der Waals surface area (Å²) >= 11 is 0. The summed E-state index contributed by atoms with van der Waals surface area (Å²) in [5.74, 6) is 1.07. The Labute approximate surface area is 143 Å². The number of aryl methyl sites for hydroxylation is 1. The van der Waals surface area contributed by atoms with E-state index in [2.05, 4.69) is 11.0 Å². The van der Waals surface area contributed by atoms with Gasteiger partial charge in [-0.15, -0.1) is 0 Å². The Morgan fingerprint density at radius 1 is 1.00 bits per heavy atom. The fourth-order valence-electron chi connectivity index (χ4n) is 3.17. The molecule has 126 valence electrons. The second-order valence-electron chi connectivity index (χ2n) is 6.20. The lowest BCUT2D eigenvalue weighted by atomic mass is 10.1. The van der Waals surface area contributed by atoms with E-state index in [1.54, 1.807) is 7.11 Å². The molecule has 4 heteroatoms. The van der Waals surface area contributed by atoms with Crippen LogP contribution >= 0.6 is 0 Å². The van der Waals surface area contributed by atoms with Crippen molar-refractivity contribution in [1.29, 1.82) is 0 Å². The number of rotatable bonds is 4. The summed E-state index contributed by atoms with van der Waals surface area (Å²) in [6.45, 7) is 6.15. The van der Waals surface area contributed by atoms with E-state index in [9.17, 15) is 4.79 Å². The number of nitrogens with zero attached hydrogens (tertiary/aromatic N) is 2. The summed E-state index contributed by atoms with van der Waals surface area (Å²) in [5, 5.41) is 0. The first kappa shape index (κ1) is 16.5. The third-order valence-corrected chi connectivity index (χ3v) is 4.62. The minimum atomic E-state index is 0.144. The monoisotopic (exact) mass is 324 g/mol. The zero-order valence-corrected chi connectivity index (χ0v) is 14.4. The molecule has 1 fully saturated rings. The van der Waals surface area contributed by atoms with Crippen LogP contribution in [0, 0.1) is 6.92 Å². The van der Waals surface area contributed by atoms with Crippen molar-refractivity contribution < 1.29 is 9.53 Å². The Kier molecular flexibility index (Phi) is 5.16. The lowest BCUT2D eigenvalue weighted by Crippen LogP contribution is -2.48. The van der Waals surface area contributed by atoms with Gasteiger partial charge in [0.25, 0.3) is 5.91 Å². The predicted octanol–water partition coefficient (Wildman–Crippen LogP) is 2.96. The molecule has 2 aromatic rings. The van der Waals surface area contributed by atoms with Gasteiger partial charge in [-0.2, -0.15) is 0 Å². The van der Waals surface area contributed by atoms with Gasteiger partial charge in [-0.1, -0.05) is 36.4 Å². The lowest BCUT2D eigenvalue weighted by Gasteiger charge is -2.35. The van der Waals surface area contributed by atoms with Crippen molar-refractivity contribution >= 4 is 5.91 Å². The van der Waals surface area contributed by atoms with Crippen molar-refractivity contribution in [3.63, 3.8) is 0 Å². The van der Waals surface area contributed by atoms with Crippen LogP contribution in [0.5, 0.6) is 5.75 Å². The van der Waals surface area contributed by atoms with Gasteiger partial charge in [-0.25, -0.2) is 0 Å². The quantitative estimate of drug-likeness (QED) is 0.867. The van der Waals surface area contributed by atoms with E-state index in [1.807, 2.05) is 54.3 Å². The number of para-hydroxylation sites is 1.